The van der Waals surface area contributed by atoms with Crippen LogP contribution in [0.1, 0.15) is 15.9 Å². The van der Waals surface area contributed by atoms with Gasteiger partial charge in [0.15, 0.2) is 6.29 Å². The van der Waals surface area contributed by atoms with Crippen LogP contribution in [0.25, 0.3) is 0 Å². The average Bonchev–Trinajstić information content (AvgIpc) is 2.34. The summed E-state index contributed by atoms with van der Waals surface area (Å²) in [6.45, 7) is 1.98. The van der Waals surface area contributed by atoms with Gasteiger partial charge in [-0.1, -0.05) is 22.0 Å². The summed E-state index contributed by atoms with van der Waals surface area (Å²) in [7, 11) is 0. The third-order valence-corrected chi connectivity index (χ3v) is 3.66. The van der Waals surface area contributed by atoms with Crippen molar-refractivity contribution in [3.8, 4) is 11.5 Å². The Morgan fingerprint density at radius 3 is 2.56 bits per heavy atom. The maximum Gasteiger partial charge on any atom is 0.151 e. The van der Waals surface area contributed by atoms with Crippen molar-refractivity contribution in [2.75, 3.05) is 0 Å². The number of halogens is 2. The molecule has 0 aliphatic carbocycles. The molecule has 92 valence electrons. The summed E-state index contributed by atoms with van der Waals surface area (Å²) in [5.74, 6) is 1.48. The molecule has 0 bridgehead atoms. The molecule has 0 spiro atoms. The van der Waals surface area contributed by atoms with Crippen molar-refractivity contribution < 1.29 is 9.53 Å². The van der Waals surface area contributed by atoms with E-state index in [1.165, 1.54) is 0 Å². The smallest absolute Gasteiger partial charge is 0.151 e. The maximum atomic E-state index is 10.7. The number of rotatable bonds is 3. The molecule has 0 radical (unpaired) electrons. The van der Waals surface area contributed by atoms with E-state index >= 15 is 0 Å². The SMILES string of the molecule is Cc1ccc(Br)cc1Oc1ccc(C=O)c(Br)c1. The van der Waals surface area contributed by atoms with Crippen LogP contribution in [-0.2, 0) is 0 Å². The van der Waals surface area contributed by atoms with Crippen molar-refractivity contribution in [2.24, 2.45) is 0 Å². The summed E-state index contributed by atoms with van der Waals surface area (Å²) in [6, 6.07) is 11.1. The maximum absolute atomic E-state index is 10.7. The van der Waals surface area contributed by atoms with E-state index in [2.05, 4.69) is 31.9 Å². The Bertz CT molecular complexity index is 594. The fourth-order valence-electron chi connectivity index (χ4n) is 1.48. The Morgan fingerprint density at radius 1 is 1.11 bits per heavy atom. The monoisotopic (exact) mass is 368 g/mol. The van der Waals surface area contributed by atoms with E-state index in [0.717, 1.165) is 26.5 Å². The minimum atomic E-state index is 0.605. The number of hydrogen-bond donors (Lipinski definition) is 0. The number of hydrogen-bond acceptors (Lipinski definition) is 2. The minimum absolute atomic E-state index is 0.605. The van der Waals surface area contributed by atoms with Crippen LogP contribution in [0.15, 0.2) is 45.3 Å². The van der Waals surface area contributed by atoms with E-state index in [-0.39, 0.29) is 0 Å². The van der Waals surface area contributed by atoms with Crippen LogP contribution in [0.4, 0.5) is 0 Å². The van der Waals surface area contributed by atoms with Gasteiger partial charge in [-0.05, 0) is 58.7 Å². The van der Waals surface area contributed by atoms with E-state index in [9.17, 15) is 4.79 Å². The van der Waals surface area contributed by atoms with Gasteiger partial charge < -0.3 is 4.74 Å². The molecule has 0 amide bonds. The second-order valence-electron chi connectivity index (χ2n) is 3.81. The van der Waals surface area contributed by atoms with Crippen LogP contribution < -0.4 is 4.74 Å². The molecule has 0 atom stereocenters. The molecule has 2 nitrogen and oxygen atoms in total. The highest BCUT2D eigenvalue weighted by molar-refractivity contribution is 9.10. The Hall–Kier alpha value is -1.13. The molecule has 0 N–H and O–H groups in total. The second-order valence-corrected chi connectivity index (χ2v) is 5.58. The van der Waals surface area contributed by atoms with Crippen LogP contribution >= 0.6 is 31.9 Å². The first-order valence-electron chi connectivity index (χ1n) is 5.29. The quantitative estimate of drug-likeness (QED) is 0.701. The van der Waals surface area contributed by atoms with Gasteiger partial charge in [0.05, 0.1) is 0 Å². The molecule has 0 aromatic heterocycles. The minimum Gasteiger partial charge on any atom is -0.457 e. The van der Waals surface area contributed by atoms with Crippen molar-refractivity contribution in [1.82, 2.24) is 0 Å². The highest BCUT2D eigenvalue weighted by Crippen LogP contribution is 2.30. The third-order valence-electron chi connectivity index (χ3n) is 2.48. The van der Waals surface area contributed by atoms with Crippen molar-refractivity contribution >= 4 is 38.1 Å². The lowest BCUT2D eigenvalue weighted by atomic mass is 10.2. The Morgan fingerprint density at radius 2 is 1.89 bits per heavy atom. The first kappa shape index (κ1) is 13.3. The van der Waals surface area contributed by atoms with Gasteiger partial charge >= 0.3 is 0 Å². The molecule has 0 heterocycles. The first-order chi connectivity index (χ1) is 8.60. The molecule has 0 aliphatic rings. The molecule has 2 rings (SSSR count). The van der Waals surface area contributed by atoms with Crippen LogP contribution in [0.3, 0.4) is 0 Å². The van der Waals surface area contributed by atoms with Gasteiger partial charge in [-0.15, -0.1) is 0 Å². The van der Waals surface area contributed by atoms with E-state index in [1.54, 1.807) is 18.2 Å². The fourth-order valence-corrected chi connectivity index (χ4v) is 2.27. The standard InChI is InChI=1S/C14H10Br2O2/c1-9-2-4-11(15)6-14(9)18-12-5-3-10(8-17)13(16)7-12/h2-8H,1H3. The van der Waals surface area contributed by atoms with Gasteiger partial charge in [-0.2, -0.15) is 0 Å². The zero-order valence-electron chi connectivity index (χ0n) is 9.61. The molecule has 18 heavy (non-hydrogen) atoms. The van der Waals surface area contributed by atoms with E-state index in [0.29, 0.717) is 11.3 Å². The van der Waals surface area contributed by atoms with Crippen LogP contribution in [0.5, 0.6) is 11.5 Å². The summed E-state index contributed by atoms with van der Waals surface area (Å²) < 4.78 is 7.48. The lowest BCUT2D eigenvalue weighted by Gasteiger charge is -2.10. The highest BCUT2D eigenvalue weighted by Gasteiger charge is 2.05. The van der Waals surface area contributed by atoms with Crippen molar-refractivity contribution in [3.63, 3.8) is 0 Å². The summed E-state index contributed by atoms with van der Waals surface area (Å²) in [5.41, 5.74) is 1.65. The number of carbonyl (C=O) groups excluding carboxylic acids is 1. The van der Waals surface area contributed by atoms with Crippen LogP contribution in [0.2, 0.25) is 0 Å². The first-order valence-corrected chi connectivity index (χ1v) is 6.87. The number of benzene rings is 2. The zero-order valence-corrected chi connectivity index (χ0v) is 12.8. The largest absolute Gasteiger partial charge is 0.457 e. The zero-order chi connectivity index (χ0) is 13.1. The molecule has 0 unspecified atom stereocenters. The Kier molecular flexibility index (Phi) is 4.19. The van der Waals surface area contributed by atoms with Gasteiger partial charge in [0.2, 0.25) is 0 Å². The summed E-state index contributed by atoms with van der Waals surface area (Å²) in [5, 5.41) is 0. The van der Waals surface area contributed by atoms with Crippen molar-refractivity contribution in [1.29, 1.82) is 0 Å². The van der Waals surface area contributed by atoms with Gasteiger partial charge in [-0.3, -0.25) is 4.79 Å². The topological polar surface area (TPSA) is 26.3 Å². The number of aldehydes is 1. The molecule has 2 aromatic rings. The Balaban J connectivity index is 2.31. The molecule has 0 saturated heterocycles. The van der Waals surface area contributed by atoms with Crippen molar-refractivity contribution in [2.45, 2.75) is 6.92 Å². The predicted octanol–water partition coefficient (Wildman–Crippen LogP) is 5.12. The van der Waals surface area contributed by atoms with Gasteiger partial charge in [0, 0.05) is 14.5 Å². The Labute approximate surface area is 122 Å². The summed E-state index contributed by atoms with van der Waals surface area (Å²) in [6.07, 6.45) is 0.804. The molecule has 0 saturated carbocycles. The highest BCUT2D eigenvalue weighted by atomic mass is 79.9. The molecule has 2 aromatic carbocycles. The lowest BCUT2D eigenvalue weighted by Crippen LogP contribution is -1.89. The lowest BCUT2D eigenvalue weighted by molar-refractivity contribution is 0.112. The molecular formula is C14H10Br2O2. The summed E-state index contributed by atoms with van der Waals surface area (Å²) in [4.78, 5) is 10.7. The van der Waals surface area contributed by atoms with Crippen LogP contribution in [0, 0.1) is 6.92 Å². The summed E-state index contributed by atoms with van der Waals surface area (Å²) >= 11 is 6.74. The second kappa shape index (κ2) is 5.67. The van der Waals surface area contributed by atoms with Gasteiger partial charge in [-0.25, -0.2) is 0 Å². The third kappa shape index (κ3) is 3.00. The normalized spacial score (nSPS) is 10.2. The van der Waals surface area contributed by atoms with Gasteiger partial charge in [0.1, 0.15) is 11.5 Å². The molecular weight excluding hydrogens is 360 g/mol. The van der Waals surface area contributed by atoms with Crippen LogP contribution in [-0.4, -0.2) is 6.29 Å². The van der Waals surface area contributed by atoms with E-state index in [1.807, 2.05) is 25.1 Å². The average molecular weight is 370 g/mol. The fraction of sp³-hybridized carbons (Fsp3) is 0.0714. The van der Waals surface area contributed by atoms with Crippen molar-refractivity contribution in [3.05, 3.63) is 56.5 Å². The number of carbonyl (C=O) groups is 1. The number of ether oxygens (including phenoxy) is 1. The van der Waals surface area contributed by atoms with E-state index < -0.39 is 0 Å². The molecule has 0 fully saturated rings. The van der Waals surface area contributed by atoms with Gasteiger partial charge in [0.25, 0.3) is 0 Å². The predicted molar refractivity (Wildman–Crippen MR) is 78.5 cm³/mol. The number of aryl methyl sites for hydroxylation is 1. The molecule has 0 aliphatic heterocycles. The van der Waals surface area contributed by atoms with E-state index in [4.69, 9.17) is 4.74 Å². The molecule has 4 heteroatoms.